The first-order chi connectivity index (χ1) is 10.2. The van der Waals surface area contributed by atoms with Crippen molar-refractivity contribution in [1.29, 1.82) is 0 Å². The number of hydrogen-bond acceptors (Lipinski definition) is 5. The van der Waals surface area contributed by atoms with Crippen molar-refractivity contribution in [2.45, 2.75) is 19.8 Å². The van der Waals surface area contributed by atoms with Crippen LogP contribution in [-0.2, 0) is 0 Å². The topological polar surface area (TPSA) is 87.8 Å². The summed E-state index contributed by atoms with van der Waals surface area (Å²) in [6.45, 7) is 5.15. The van der Waals surface area contributed by atoms with Crippen molar-refractivity contribution in [3.05, 3.63) is 29.8 Å². The Morgan fingerprint density at radius 1 is 1.38 bits per heavy atom. The second kappa shape index (κ2) is 10.1. The highest BCUT2D eigenvalue weighted by molar-refractivity contribution is 5.94. The van der Waals surface area contributed by atoms with Crippen LogP contribution < -0.4 is 16.0 Å². The van der Waals surface area contributed by atoms with Gasteiger partial charge in [0.15, 0.2) is 0 Å². The van der Waals surface area contributed by atoms with Crippen molar-refractivity contribution in [1.82, 2.24) is 10.3 Å². The first-order valence-electron chi connectivity index (χ1n) is 7.28. The summed E-state index contributed by atoms with van der Waals surface area (Å²) in [5.41, 5.74) is 2.56. The van der Waals surface area contributed by atoms with E-state index < -0.39 is 0 Å². The summed E-state index contributed by atoms with van der Waals surface area (Å²) in [6.07, 6.45) is 2.23. The molecule has 0 aromatic heterocycles. The predicted octanol–water partition coefficient (Wildman–Crippen LogP) is 0.763. The van der Waals surface area contributed by atoms with Crippen LogP contribution in [0.4, 0.5) is 0 Å². The average Bonchev–Trinajstić information content (AvgIpc) is 2.52. The fourth-order valence-corrected chi connectivity index (χ4v) is 1.96. The van der Waals surface area contributed by atoms with Crippen LogP contribution in [-0.4, -0.2) is 48.8 Å². The molecule has 6 heteroatoms. The number of benzene rings is 1. The maximum atomic E-state index is 11.4. The van der Waals surface area contributed by atoms with Gasteiger partial charge in [-0.15, -0.1) is 0 Å². The number of nitrogens with one attached hydrogen (secondary N) is 1. The Morgan fingerprint density at radius 3 is 2.86 bits per heavy atom. The molecule has 6 nitrogen and oxygen atoms in total. The molecule has 21 heavy (non-hydrogen) atoms. The first-order valence-corrected chi connectivity index (χ1v) is 7.28. The van der Waals surface area contributed by atoms with Crippen LogP contribution in [0.3, 0.4) is 0 Å². The van der Waals surface area contributed by atoms with Gasteiger partial charge >= 0.3 is 0 Å². The molecule has 1 amide bonds. The average molecular weight is 295 g/mol. The van der Waals surface area contributed by atoms with Crippen LogP contribution in [0.25, 0.3) is 0 Å². The number of nitrogens with two attached hydrogens (primary N) is 1. The number of nitrogens with zero attached hydrogens (tertiary/aromatic N) is 1. The summed E-state index contributed by atoms with van der Waals surface area (Å²) < 4.78 is 5.65. The van der Waals surface area contributed by atoms with Gasteiger partial charge in [0.05, 0.1) is 6.61 Å². The lowest BCUT2D eigenvalue weighted by Crippen LogP contribution is -2.32. The van der Waals surface area contributed by atoms with Gasteiger partial charge in [0, 0.05) is 18.7 Å². The number of aliphatic hydroxyl groups excluding tert-OH is 1. The van der Waals surface area contributed by atoms with Gasteiger partial charge in [0.2, 0.25) is 0 Å². The lowest BCUT2D eigenvalue weighted by molar-refractivity contribution is 0.0953. The molecule has 0 bridgehead atoms. The molecule has 118 valence electrons. The molecular weight excluding hydrogens is 270 g/mol. The molecule has 1 aromatic rings. The van der Waals surface area contributed by atoms with E-state index in [0.717, 1.165) is 25.9 Å². The molecule has 0 aliphatic rings. The van der Waals surface area contributed by atoms with Crippen LogP contribution in [0.1, 0.15) is 30.1 Å². The van der Waals surface area contributed by atoms with E-state index >= 15 is 0 Å². The zero-order valence-electron chi connectivity index (χ0n) is 12.5. The van der Waals surface area contributed by atoms with Crippen LogP contribution >= 0.6 is 0 Å². The maximum Gasteiger partial charge on any atom is 0.265 e. The number of amides is 1. The van der Waals surface area contributed by atoms with Gasteiger partial charge in [-0.2, -0.15) is 0 Å². The summed E-state index contributed by atoms with van der Waals surface area (Å²) >= 11 is 0. The molecule has 0 spiro atoms. The third kappa shape index (κ3) is 6.57. The third-order valence-corrected chi connectivity index (χ3v) is 3.15. The van der Waals surface area contributed by atoms with Crippen molar-refractivity contribution >= 4 is 5.91 Å². The molecule has 1 aromatic carbocycles. The number of nitrogen functional groups attached to an aromatic ring is 1. The molecule has 0 saturated heterocycles. The van der Waals surface area contributed by atoms with Crippen molar-refractivity contribution < 1.29 is 14.6 Å². The molecule has 0 radical (unpaired) electrons. The van der Waals surface area contributed by atoms with Crippen LogP contribution in [0.5, 0.6) is 5.75 Å². The van der Waals surface area contributed by atoms with Gasteiger partial charge in [0.25, 0.3) is 5.91 Å². The van der Waals surface area contributed by atoms with Crippen LogP contribution in [0.15, 0.2) is 24.3 Å². The Labute approximate surface area is 125 Å². The molecular formula is C15H25N3O3. The Bertz CT molecular complexity index is 426. The van der Waals surface area contributed by atoms with Gasteiger partial charge in [0.1, 0.15) is 12.4 Å². The Kier molecular flexibility index (Phi) is 8.42. The predicted molar refractivity (Wildman–Crippen MR) is 82.0 cm³/mol. The van der Waals surface area contributed by atoms with E-state index in [-0.39, 0.29) is 12.5 Å². The molecule has 0 heterocycles. The van der Waals surface area contributed by atoms with E-state index in [1.165, 1.54) is 0 Å². The van der Waals surface area contributed by atoms with Gasteiger partial charge < -0.3 is 9.84 Å². The summed E-state index contributed by atoms with van der Waals surface area (Å²) in [4.78, 5) is 13.6. The molecule has 4 N–H and O–H groups in total. The molecule has 0 aliphatic carbocycles. The standard InChI is InChI=1S/C15H25N3O3/c1-2-3-7-18(8-10-19)9-11-21-14-6-4-5-13(12-14)15(20)17-16/h4-6,12,19H,2-3,7-11,16H2,1H3,(H,17,20). The van der Waals surface area contributed by atoms with E-state index in [0.29, 0.717) is 24.5 Å². The largest absolute Gasteiger partial charge is 0.492 e. The highest BCUT2D eigenvalue weighted by Crippen LogP contribution is 2.13. The number of carbonyl (C=O) groups is 1. The minimum atomic E-state index is -0.342. The normalized spacial score (nSPS) is 10.7. The lowest BCUT2D eigenvalue weighted by atomic mass is 10.2. The van der Waals surface area contributed by atoms with E-state index in [9.17, 15) is 4.79 Å². The van der Waals surface area contributed by atoms with Gasteiger partial charge in [-0.05, 0) is 31.2 Å². The van der Waals surface area contributed by atoms with Crippen LogP contribution in [0, 0.1) is 0 Å². The fraction of sp³-hybridized carbons (Fsp3) is 0.533. The van der Waals surface area contributed by atoms with Gasteiger partial charge in [-0.25, -0.2) is 5.84 Å². The second-order valence-electron chi connectivity index (χ2n) is 4.77. The quantitative estimate of drug-likeness (QED) is 0.337. The number of carbonyl (C=O) groups excluding carboxylic acids is 1. The Morgan fingerprint density at radius 2 is 2.19 bits per heavy atom. The highest BCUT2D eigenvalue weighted by Gasteiger charge is 2.06. The van der Waals surface area contributed by atoms with Crippen molar-refractivity contribution in [2.75, 3.05) is 32.8 Å². The Balaban J connectivity index is 2.44. The first kappa shape index (κ1) is 17.4. The molecule has 0 atom stereocenters. The summed E-state index contributed by atoms with van der Waals surface area (Å²) in [7, 11) is 0. The fourth-order valence-electron chi connectivity index (χ4n) is 1.96. The smallest absolute Gasteiger partial charge is 0.265 e. The zero-order chi connectivity index (χ0) is 15.5. The zero-order valence-corrected chi connectivity index (χ0v) is 12.5. The minimum absolute atomic E-state index is 0.149. The number of unbranched alkanes of at least 4 members (excludes halogenated alkanes) is 1. The van der Waals surface area contributed by atoms with Crippen LogP contribution in [0.2, 0.25) is 0 Å². The summed E-state index contributed by atoms with van der Waals surface area (Å²) in [5, 5.41) is 9.04. The number of aliphatic hydroxyl groups is 1. The SMILES string of the molecule is CCCCN(CCO)CCOc1cccc(C(=O)NN)c1. The van der Waals surface area contributed by atoms with Crippen molar-refractivity contribution in [2.24, 2.45) is 5.84 Å². The maximum absolute atomic E-state index is 11.4. The van der Waals surface area contributed by atoms with Crippen molar-refractivity contribution in [3.8, 4) is 5.75 Å². The van der Waals surface area contributed by atoms with E-state index in [1.54, 1.807) is 24.3 Å². The number of rotatable bonds is 10. The Hall–Kier alpha value is -1.63. The minimum Gasteiger partial charge on any atom is -0.492 e. The lowest BCUT2D eigenvalue weighted by Gasteiger charge is -2.21. The van der Waals surface area contributed by atoms with Gasteiger partial charge in [-0.1, -0.05) is 19.4 Å². The third-order valence-electron chi connectivity index (χ3n) is 3.15. The van der Waals surface area contributed by atoms with E-state index in [4.69, 9.17) is 15.7 Å². The number of ether oxygens (including phenoxy) is 1. The van der Waals surface area contributed by atoms with Gasteiger partial charge in [-0.3, -0.25) is 15.1 Å². The highest BCUT2D eigenvalue weighted by atomic mass is 16.5. The summed E-state index contributed by atoms with van der Waals surface area (Å²) in [5.74, 6) is 5.40. The molecule has 0 aliphatic heterocycles. The molecule has 0 saturated carbocycles. The van der Waals surface area contributed by atoms with E-state index in [2.05, 4.69) is 17.2 Å². The molecule has 0 fully saturated rings. The number of hydrazine groups is 1. The van der Waals surface area contributed by atoms with Crippen molar-refractivity contribution in [3.63, 3.8) is 0 Å². The summed E-state index contributed by atoms with van der Waals surface area (Å²) in [6, 6.07) is 6.89. The monoisotopic (exact) mass is 295 g/mol. The molecule has 1 rings (SSSR count). The number of hydrogen-bond donors (Lipinski definition) is 3. The second-order valence-corrected chi connectivity index (χ2v) is 4.77. The van der Waals surface area contributed by atoms with E-state index in [1.807, 2.05) is 0 Å². The molecule has 0 unspecified atom stereocenters.